The molecular formula is C28H33N6O4+. The van der Waals surface area contributed by atoms with Crippen molar-refractivity contribution in [3.8, 4) is 0 Å². The Morgan fingerprint density at radius 1 is 1.18 bits per heavy atom. The Kier molecular flexibility index (Phi) is 7.73. The minimum absolute atomic E-state index is 0.199. The molecule has 0 aromatic carbocycles. The van der Waals surface area contributed by atoms with E-state index in [1.165, 1.54) is 11.8 Å². The number of rotatable bonds is 9. The topological polar surface area (TPSA) is 143 Å². The zero-order valence-corrected chi connectivity index (χ0v) is 21.3. The third kappa shape index (κ3) is 5.88. The van der Waals surface area contributed by atoms with Crippen LogP contribution in [-0.4, -0.2) is 51.5 Å². The molecular weight excluding hydrogens is 484 g/mol. The minimum Gasteiger partial charge on any atom is -0.379 e. The summed E-state index contributed by atoms with van der Waals surface area (Å²) in [7, 11) is 0. The average Bonchev–Trinajstić information content (AvgIpc) is 2.91. The zero-order valence-electron chi connectivity index (χ0n) is 21.3. The van der Waals surface area contributed by atoms with Crippen LogP contribution in [0.2, 0.25) is 0 Å². The van der Waals surface area contributed by atoms with Gasteiger partial charge >= 0.3 is 0 Å². The fraction of sp³-hybridized carbons (Fsp3) is 0.393. The molecule has 5 rings (SSSR count). The third-order valence-corrected chi connectivity index (χ3v) is 7.21. The van der Waals surface area contributed by atoms with Crippen LogP contribution in [0.5, 0.6) is 0 Å². The smallest absolute Gasteiger partial charge is 0.261 e. The van der Waals surface area contributed by atoms with Crippen LogP contribution in [0.3, 0.4) is 0 Å². The number of ketones is 1. The lowest BCUT2D eigenvalue weighted by atomic mass is 9.80. The van der Waals surface area contributed by atoms with Gasteiger partial charge in [-0.25, -0.2) is 10.3 Å². The molecule has 2 aromatic rings. The number of Topliss-reactive ketones (excluding diaryl/α,β-unsaturated/α-hetero) is 1. The average molecular weight is 518 g/mol. The number of hydrogen-bond acceptors (Lipinski definition) is 8. The van der Waals surface area contributed by atoms with Gasteiger partial charge in [0.2, 0.25) is 17.6 Å². The summed E-state index contributed by atoms with van der Waals surface area (Å²) in [4.78, 5) is 38.0. The fourth-order valence-corrected chi connectivity index (χ4v) is 4.93. The third-order valence-electron chi connectivity index (χ3n) is 7.21. The number of carbonyl (C=O) groups is 2. The lowest BCUT2D eigenvalue weighted by Crippen LogP contribution is -2.73. The summed E-state index contributed by atoms with van der Waals surface area (Å²) in [5.74, 6) is 1.89. The molecule has 2 aromatic heterocycles. The Balaban J connectivity index is 1.35. The number of anilines is 1. The number of quaternary nitrogens is 1. The Morgan fingerprint density at radius 2 is 2.00 bits per heavy atom. The molecule has 0 spiro atoms. The van der Waals surface area contributed by atoms with Crippen molar-refractivity contribution in [3.63, 3.8) is 0 Å². The first kappa shape index (κ1) is 25.9. The molecule has 0 radical (unpaired) electrons. The summed E-state index contributed by atoms with van der Waals surface area (Å²) in [6.45, 7) is 4.36. The number of pyridine rings is 1. The molecule has 38 heavy (non-hydrogen) atoms. The monoisotopic (exact) mass is 517 g/mol. The molecule has 2 fully saturated rings. The maximum atomic E-state index is 12.8. The van der Waals surface area contributed by atoms with Crippen LogP contribution in [0.4, 0.5) is 17.6 Å². The van der Waals surface area contributed by atoms with Crippen molar-refractivity contribution in [3.05, 3.63) is 71.7 Å². The molecule has 0 atom stereocenters. The fourth-order valence-electron chi connectivity index (χ4n) is 4.93. The van der Waals surface area contributed by atoms with E-state index in [0.717, 1.165) is 31.4 Å². The quantitative estimate of drug-likeness (QED) is 0.371. The molecule has 10 nitrogen and oxygen atoms in total. The Morgan fingerprint density at radius 3 is 2.68 bits per heavy atom. The molecule has 1 aliphatic heterocycles. The molecule has 0 unspecified atom stereocenters. The number of aromatic nitrogens is 3. The number of nitrogens with two attached hydrogens (primary N) is 1. The summed E-state index contributed by atoms with van der Waals surface area (Å²) >= 11 is 0. The van der Waals surface area contributed by atoms with Gasteiger partial charge in [-0.3, -0.25) is 9.59 Å². The van der Waals surface area contributed by atoms with E-state index in [4.69, 9.17) is 4.74 Å². The van der Waals surface area contributed by atoms with Crippen molar-refractivity contribution >= 4 is 29.3 Å². The molecule has 3 heterocycles. The Hall–Kier alpha value is -3.73. The van der Waals surface area contributed by atoms with Gasteiger partial charge in [-0.15, -0.1) is 6.58 Å². The number of aliphatic hydroxyl groups is 1. The number of allylic oxidation sites excluding steroid dienone is 4. The van der Waals surface area contributed by atoms with Gasteiger partial charge in [-0.1, -0.05) is 23.8 Å². The normalized spacial score (nSPS) is 19.1. The molecule has 198 valence electrons. The van der Waals surface area contributed by atoms with Crippen LogP contribution in [0.15, 0.2) is 60.5 Å². The van der Waals surface area contributed by atoms with Gasteiger partial charge in [-0.05, 0) is 43.7 Å². The van der Waals surface area contributed by atoms with Crippen LogP contribution >= 0.6 is 0 Å². The number of nitrogens with zero attached hydrogens (tertiary/aromatic N) is 3. The number of hydrogen-bond donors (Lipinski definition) is 4. The van der Waals surface area contributed by atoms with Gasteiger partial charge in [0.1, 0.15) is 11.3 Å². The van der Waals surface area contributed by atoms with Crippen LogP contribution in [0.25, 0.3) is 0 Å². The second-order valence-corrected chi connectivity index (χ2v) is 9.98. The highest BCUT2D eigenvalue weighted by Gasteiger charge is 2.39. The first-order chi connectivity index (χ1) is 18.4. The highest BCUT2D eigenvalue weighted by atomic mass is 16.5. The molecule has 0 bridgehead atoms. The molecule has 1 saturated carbocycles. The Bertz CT molecular complexity index is 1290. The molecule has 5 N–H and O–H groups in total. The maximum Gasteiger partial charge on any atom is 0.261 e. The predicted octanol–water partition coefficient (Wildman–Crippen LogP) is 2.31. The van der Waals surface area contributed by atoms with E-state index in [0.29, 0.717) is 59.9 Å². The summed E-state index contributed by atoms with van der Waals surface area (Å²) in [5.41, 5.74) is 2.11. The SMILES string of the molecule is C=CCNC(=O)c1cnc(NC2=CC=C(C3CCC(=O)CC3)CC2)nc1[NH2+]c1cccc(C2(O)COC2)n1. The summed E-state index contributed by atoms with van der Waals surface area (Å²) in [6, 6.07) is 5.36. The molecule has 3 aliphatic rings. The minimum atomic E-state index is -1.10. The molecule has 2 aliphatic carbocycles. The molecule has 1 saturated heterocycles. The van der Waals surface area contributed by atoms with Crippen LogP contribution in [-0.2, 0) is 15.1 Å². The standard InChI is InChI=1S/C28H32N6O4/c1-2-14-29-26(36)22-15-30-27(31-20-10-6-18(7-11-20)19-8-12-21(35)13-9-19)34-25(22)33-24-5-3-4-23(32-24)28(37)16-38-17-28/h2-6,10,15,19,37H,1,7-9,11-14,16-17H2,(H,29,36)(H2,30,31,32,33,34)/p+1. The van der Waals surface area contributed by atoms with E-state index >= 15 is 0 Å². The maximum absolute atomic E-state index is 12.8. The van der Waals surface area contributed by atoms with Crippen LogP contribution in [0.1, 0.15) is 54.6 Å². The first-order valence-electron chi connectivity index (χ1n) is 13.0. The van der Waals surface area contributed by atoms with E-state index in [1.807, 2.05) is 0 Å². The second kappa shape index (κ2) is 11.3. The van der Waals surface area contributed by atoms with Crippen molar-refractivity contribution in [1.82, 2.24) is 20.3 Å². The zero-order chi connectivity index (χ0) is 26.5. The lowest BCUT2D eigenvalue weighted by molar-refractivity contribution is -0.487. The summed E-state index contributed by atoms with van der Waals surface area (Å²) in [6.07, 6.45) is 12.3. The van der Waals surface area contributed by atoms with Crippen molar-refractivity contribution in [1.29, 1.82) is 0 Å². The van der Waals surface area contributed by atoms with Crippen molar-refractivity contribution in [2.45, 2.75) is 44.1 Å². The van der Waals surface area contributed by atoms with Gasteiger partial charge < -0.3 is 20.5 Å². The van der Waals surface area contributed by atoms with E-state index in [2.05, 4.69) is 44.3 Å². The van der Waals surface area contributed by atoms with E-state index < -0.39 is 5.60 Å². The highest BCUT2D eigenvalue weighted by Crippen LogP contribution is 2.33. The van der Waals surface area contributed by atoms with E-state index in [9.17, 15) is 14.7 Å². The number of amides is 1. The largest absolute Gasteiger partial charge is 0.379 e. The Labute approximate surface area is 221 Å². The van der Waals surface area contributed by atoms with Crippen molar-refractivity contribution in [2.75, 3.05) is 25.1 Å². The summed E-state index contributed by atoms with van der Waals surface area (Å²) in [5, 5.41) is 18.4. The van der Waals surface area contributed by atoms with E-state index in [1.54, 1.807) is 29.6 Å². The summed E-state index contributed by atoms with van der Waals surface area (Å²) < 4.78 is 5.16. The predicted molar refractivity (Wildman–Crippen MR) is 141 cm³/mol. The van der Waals surface area contributed by atoms with Gasteiger partial charge in [0, 0.05) is 31.1 Å². The van der Waals surface area contributed by atoms with Crippen LogP contribution < -0.4 is 16.0 Å². The van der Waals surface area contributed by atoms with Crippen molar-refractivity contribution < 1.29 is 24.7 Å². The molecule has 10 heteroatoms. The first-order valence-corrected chi connectivity index (χ1v) is 13.0. The molecule has 1 amide bonds. The van der Waals surface area contributed by atoms with Gasteiger partial charge in [0.15, 0.2) is 5.60 Å². The number of ether oxygens (including phenoxy) is 1. The van der Waals surface area contributed by atoms with Gasteiger partial charge in [0.25, 0.3) is 5.91 Å². The van der Waals surface area contributed by atoms with Gasteiger partial charge in [-0.2, -0.15) is 9.97 Å². The van der Waals surface area contributed by atoms with E-state index in [-0.39, 0.29) is 19.1 Å². The van der Waals surface area contributed by atoms with Crippen LogP contribution in [0, 0.1) is 5.92 Å². The second-order valence-electron chi connectivity index (χ2n) is 9.98. The van der Waals surface area contributed by atoms with Gasteiger partial charge in [0.05, 0.1) is 25.1 Å². The number of carbonyl (C=O) groups excluding carboxylic acids is 2. The number of nitrogens with one attached hydrogen (secondary N) is 2. The van der Waals surface area contributed by atoms with Crippen molar-refractivity contribution in [2.24, 2.45) is 5.92 Å². The lowest BCUT2D eigenvalue weighted by Gasteiger charge is -2.35. The highest BCUT2D eigenvalue weighted by molar-refractivity contribution is 5.97.